The summed E-state index contributed by atoms with van der Waals surface area (Å²) in [4.78, 5) is 4.26. The minimum atomic E-state index is -3.45. The van der Waals surface area contributed by atoms with Crippen molar-refractivity contribution in [3.63, 3.8) is 0 Å². The molecule has 0 fully saturated rings. The highest BCUT2D eigenvalue weighted by Crippen LogP contribution is 2.31. The zero-order valence-electron chi connectivity index (χ0n) is 14.2. The Morgan fingerprint density at radius 3 is 2.54 bits per heavy atom. The Morgan fingerprint density at radius 2 is 2.00 bits per heavy atom. The lowest BCUT2D eigenvalue weighted by Gasteiger charge is -2.16. The maximum Gasteiger partial charge on any atom is 0.175 e. The number of nitrogens with zero attached hydrogens (tertiary/aromatic N) is 1. The van der Waals surface area contributed by atoms with Gasteiger partial charge in [0, 0.05) is 23.6 Å². The summed E-state index contributed by atoms with van der Waals surface area (Å²) >= 11 is 0. The summed E-state index contributed by atoms with van der Waals surface area (Å²) in [5.74, 6) is 0.559. The number of ether oxygens (including phenoxy) is 1. The van der Waals surface area contributed by atoms with E-state index in [0.717, 1.165) is 35.6 Å². The number of anilines is 2. The number of halogens is 1. The van der Waals surface area contributed by atoms with Gasteiger partial charge in [-0.2, -0.15) is 0 Å². The molecule has 2 aromatic rings. The molecule has 2 rings (SSSR count). The van der Waals surface area contributed by atoms with Gasteiger partial charge in [0.25, 0.3) is 0 Å². The van der Waals surface area contributed by atoms with Crippen LogP contribution >= 0.6 is 0 Å². The number of aryl methyl sites for hydroxylation is 1. The van der Waals surface area contributed by atoms with Crippen molar-refractivity contribution in [3.8, 4) is 5.75 Å². The molecule has 0 amide bonds. The quantitative estimate of drug-likeness (QED) is 0.860. The van der Waals surface area contributed by atoms with Gasteiger partial charge in [-0.1, -0.05) is 6.92 Å². The van der Waals surface area contributed by atoms with Gasteiger partial charge in [0.15, 0.2) is 9.84 Å². The largest absolute Gasteiger partial charge is 0.493 e. The maximum absolute atomic E-state index is 14.2. The molecule has 7 heteroatoms. The fourth-order valence-electron chi connectivity index (χ4n) is 2.32. The Labute approximate surface area is 141 Å². The van der Waals surface area contributed by atoms with Gasteiger partial charge < -0.3 is 10.1 Å². The molecular formula is C17H21FN2O3S. The van der Waals surface area contributed by atoms with Crippen molar-refractivity contribution < 1.29 is 17.5 Å². The summed E-state index contributed by atoms with van der Waals surface area (Å²) in [6, 6.07) is 3.75. The second kappa shape index (κ2) is 7.17. The van der Waals surface area contributed by atoms with Crippen molar-refractivity contribution in [3.05, 3.63) is 41.3 Å². The van der Waals surface area contributed by atoms with Crippen molar-refractivity contribution in [2.75, 3.05) is 18.2 Å². The topological polar surface area (TPSA) is 68.3 Å². The summed E-state index contributed by atoms with van der Waals surface area (Å²) in [5.41, 5.74) is 1.92. The normalized spacial score (nSPS) is 11.4. The summed E-state index contributed by atoms with van der Waals surface area (Å²) < 4.78 is 42.8. The lowest BCUT2D eigenvalue weighted by atomic mass is 10.1. The highest BCUT2D eigenvalue weighted by Gasteiger charge is 2.15. The van der Waals surface area contributed by atoms with E-state index < -0.39 is 15.7 Å². The Balaban J connectivity index is 2.40. The molecule has 130 valence electrons. The van der Waals surface area contributed by atoms with Gasteiger partial charge in [-0.25, -0.2) is 17.8 Å². The van der Waals surface area contributed by atoms with Crippen molar-refractivity contribution in [2.45, 2.75) is 32.1 Å². The van der Waals surface area contributed by atoms with Crippen molar-refractivity contribution in [1.29, 1.82) is 0 Å². The predicted octanol–water partition coefficient (Wildman–Crippen LogP) is 3.64. The summed E-state index contributed by atoms with van der Waals surface area (Å²) in [6.07, 6.45) is 3.52. The molecule has 1 N–H and O–H groups in total. The van der Waals surface area contributed by atoms with Gasteiger partial charge >= 0.3 is 0 Å². The lowest BCUT2D eigenvalue weighted by Crippen LogP contribution is -2.05. The Morgan fingerprint density at radius 1 is 1.29 bits per heavy atom. The Hall–Kier alpha value is -2.15. The highest BCUT2D eigenvalue weighted by molar-refractivity contribution is 7.90. The molecule has 0 radical (unpaired) electrons. The smallest absolute Gasteiger partial charge is 0.175 e. The Bertz CT molecular complexity index is 851. The summed E-state index contributed by atoms with van der Waals surface area (Å²) in [5, 5.41) is 2.91. The van der Waals surface area contributed by atoms with Crippen LogP contribution in [0, 0.1) is 12.7 Å². The van der Waals surface area contributed by atoms with E-state index in [2.05, 4.69) is 10.3 Å². The molecular weight excluding hydrogens is 331 g/mol. The first-order chi connectivity index (χ1) is 11.3. The monoisotopic (exact) mass is 352 g/mol. The zero-order chi connectivity index (χ0) is 17.9. The lowest BCUT2D eigenvalue weighted by molar-refractivity contribution is 0.334. The molecule has 0 bridgehead atoms. The van der Waals surface area contributed by atoms with Gasteiger partial charge in [-0.05, 0) is 38.5 Å². The van der Waals surface area contributed by atoms with Crippen LogP contribution in [0.2, 0.25) is 0 Å². The summed E-state index contributed by atoms with van der Waals surface area (Å²) in [7, 11) is -3.45. The van der Waals surface area contributed by atoms with Crippen LogP contribution in [-0.2, 0) is 16.3 Å². The standard InChI is InChI=1S/C17H21FN2O3S/c1-5-12-10-19-17(11(3)16(12)23-6-2)20-15-8-7-13(9-14(15)18)24(4,21)22/h7-10H,5-6H2,1-4H3,(H,19,20). The van der Waals surface area contributed by atoms with Crippen LogP contribution in [0.3, 0.4) is 0 Å². The number of benzene rings is 1. The number of sulfone groups is 1. The van der Waals surface area contributed by atoms with Gasteiger partial charge in [0.1, 0.15) is 17.4 Å². The van der Waals surface area contributed by atoms with Crippen LogP contribution < -0.4 is 10.1 Å². The Kier molecular flexibility index (Phi) is 5.43. The first-order valence-electron chi connectivity index (χ1n) is 7.65. The van der Waals surface area contributed by atoms with Crippen LogP contribution in [0.4, 0.5) is 15.9 Å². The molecule has 0 unspecified atom stereocenters. The molecule has 0 saturated heterocycles. The maximum atomic E-state index is 14.2. The van der Waals surface area contributed by atoms with Crippen LogP contribution in [0.5, 0.6) is 5.75 Å². The number of pyridine rings is 1. The molecule has 0 saturated carbocycles. The van der Waals surface area contributed by atoms with E-state index >= 15 is 0 Å². The molecule has 0 atom stereocenters. The van der Waals surface area contributed by atoms with Gasteiger partial charge in [0.2, 0.25) is 0 Å². The summed E-state index contributed by atoms with van der Waals surface area (Å²) in [6.45, 7) is 6.28. The number of rotatable bonds is 6. The van der Waals surface area contributed by atoms with Crippen molar-refractivity contribution in [1.82, 2.24) is 4.98 Å². The molecule has 24 heavy (non-hydrogen) atoms. The number of nitrogens with one attached hydrogen (secondary N) is 1. The highest BCUT2D eigenvalue weighted by atomic mass is 32.2. The van der Waals surface area contributed by atoms with Crippen LogP contribution in [0.1, 0.15) is 25.0 Å². The van der Waals surface area contributed by atoms with Gasteiger partial charge in [0.05, 0.1) is 17.2 Å². The molecule has 1 aromatic carbocycles. The number of aromatic nitrogens is 1. The molecule has 5 nitrogen and oxygen atoms in total. The molecule has 0 spiro atoms. The van der Waals surface area contributed by atoms with Gasteiger partial charge in [-0.3, -0.25) is 0 Å². The molecule has 1 heterocycles. The van der Waals surface area contributed by atoms with E-state index in [4.69, 9.17) is 4.74 Å². The molecule has 0 aliphatic heterocycles. The fourth-order valence-corrected chi connectivity index (χ4v) is 2.96. The third-order valence-electron chi connectivity index (χ3n) is 3.63. The molecule has 1 aromatic heterocycles. The van der Waals surface area contributed by atoms with Gasteiger partial charge in [-0.15, -0.1) is 0 Å². The van der Waals surface area contributed by atoms with E-state index in [1.165, 1.54) is 12.1 Å². The van der Waals surface area contributed by atoms with E-state index in [1.807, 2.05) is 20.8 Å². The van der Waals surface area contributed by atoms with E-state index in [9.17, 15) is 12.8 Å². The second-order valence-electron chi connectivity index (χ2n) is 5.41. The first-order valence-corrected chi connectivity index (χ1v) is 9.55. The van der Waals surface area contributed by atoms with Crippen LogP contribution in [-0.4, -0.2) is 26.3 Å². The van der Waals surface area contributed by atoms with Crippen molar-refractivity contribution in [2.24, 2.45) is 0 Å². The fraction of sp³-hybridized carbons (Fsp3) is 0.353. The van der Waals surface area contributed by atoms with E-state index in [1.54, 1.807) is 6.20 Å². The van der Waals surface area contributed by atoms with Crippen molar-refractivity contribution >= 4 is 21.3 Å². The second-order valence-corrected chi connectivity index (χ2v) is 7.43. The zero-order valence-corrected chi connectivity index (χ0v) is 15.0. The van der Waals surface area contributed by atoms with E-state index in [0.29, 0.717) is 12.4 Å². The third kappa shape index (κ3) is 3.84. The SMILES string of the molecule is CCOc1c(CC)cnc(Nc2ccc(S(C)(=O)=O)cc2F)c1C. The predicted molar refractivity (Wildman–Crippen MR) is 92.3 cm³/mol. The third-order valence-corrected chi connectivity index (χ3v) is 4.74. The molecule has 0 aliphatic rings. The first kappa shape index (κ1) is 18.2. The average molecular weight is 352 g/mol. The minimum Gasteiger partial charge on any atom is -0.493 e. The average Bonchev–Trinajstić information content (AvgIpc) is 2.52. The van der Waals surface area contributed by atoms with Crippen LogP contribution in [0.15, 0.2) is 29.3 Å². The number of hydrogen-bond donors (Lipinski definition) is 1. The number of hydrogen-bond acceptors (Lipinski definition) is 5. The minimum absolute atomic E-state index is 0.0634. The van der Waals surface area contributed by atoms with Crippen LogP contribution in [0.25, 0.3) is 0 Å². The molecule has 0 aliphatic carbocycles. The van der Waals surface area contributed by atoms with E-state index in [-0.39, 0.29) is 10.6 Å².